The van der Waals surface area contributed by atoms with Crippen LogP contribution in [-0.2, 0) is 23.1 Å². The molecule has 0 bridgehead atoms. The molecule has 0 aliphatic heterocycles. The normalized spacial score (nSPS) is 11.6. The Balaban J connectivity index is 2.16. The van der Waals surface area contributed by atoms with Crippen LogP contribution in [0.3, 0.4) is 0 Å². The summed E-state index contributed by atoms with van der Waals surface area (Å²) in [6.45, 7) is 4.12. The first-order chi connectivity index (χ1) is 9.92. The van der Waals surface area contributed by atoms with Crippen LogP contribution in [-0.4, -0.2) is 18.4 Å². The lowest BCUT2D eigenvalue weighted by atomic mass is 10.1. The Labute approximate surface area is 124 Å². The van der Waals surface area contributed by atoms with Gasteiger partial charge >= 0.3 is 0 Å². The molecule has 2 aromatic rings. The molecule has 0 aliphatic carbocycles. The predicted molar refractivity (Wildman–Crippen MR) is 79.9 cm³/mol. The van der Waals surface area contributed by atoms with Crippen molar-refractivity contribution >= 4 is 10.0 Å². The van der Waals surface area contributed by atoms with Crippen molar-refractivity contribution in [1.29, 1.82) is 0 Å². The molecular formula is C14H18N4O2S. The molecule has 1 aromatic heterocycles. The maximum absolute atomic E-state index is 12.3. The summed E-state index contributed by atoms with van der Waals surface area (Å²) in [5, 5.41) is 0. The molecule has 0 unspecified atom stereocenters. The monoisotopic (exact) mass is 306 g/mol. The van der Waals surface area contributed by atoms with E-state index in [1.165, 1.54) is 0 Å². The van der Waals surface area contributed by atoms with Gasteiger partial charge in [0.2, 0.25) is 10.0 Å². The number of rotatable bonds is 5. The van der Waals surface area contributed by atoms with Crippen LogP contribution < -0.4 is 10.5 Å². The van der Waals surface area contributed by atoms with Gasteiger partial charge in [-0.2, -0.15) is 0 Å². The fourth-order valence-corrected chi connectivity index (χ4v) is 2.85. The third-order valence-electron chi connectivity index (χ3n) is 3.13. The fraction of sp³-hybridized carbons (Fsp3) is 0.286. The third kappa shape index (κ3) is 3.84. The Hall–Kier alpha value is -1.83. The number of nitrogens with two attached hydrogens (primary N) is 1. The van der Waals surface area contributed by atoms with Crippen LogP contribution in [0.25, 0.3) is 0 Å². The molecule has 1 heterocycles. The molecule has 0 aliphatic rings. The van der Waals surface area contributed by atoms with Gasteiger partial charge in [0.25, 0.3) is 0 Å². The molecule has 3 N–H and O–H groups in total. The van der Waals surface area contributed by atoms with Crippen molar-refractivity contribution in [2.45, 2.75) is 31.8 Å². The number of hydrogen-bond donors (Lipinski definition) is 2. The number of nitrogens with zero attached hydrogens (tertiary/aromatic N) is 2. The van der Waals surface area contributed by atoms with Gasteiger partial charge < -0.3 is 5.73 Å². The summed E-state index contributed by atoms with van der Waals surface area (Å²) in [5.74, 6) is 0. The Kier molecular flexibility index (Phi) is 4.66. The summed E-state index contributed by atoms with van der Waals surface area (Å²) < 4.78 is 27.0. The van der Waals surface area contributed by atoms with E-state index in [4.69, 9.17) is 5.73 Å². The Morgan fingerprint density at radius 2 is 1.95 bits per heavy atom. The summed E-state index contributed by atoms with van der Waals surface area (Å²) >= 11 is 0. The smallest absolute Gasteiger partial charge is 0.240 e. The molecule has 112 valence electrons. The first-order valence-corrected chi connectivity index (χ1v) is 7.97. The van der Waals surface area contributed by atoms with Crippen molar-refractivity contribution in [1.82, 2.24) is 14.7 Å². The van der Waals surface area contributed by atoms with E-state index in [9.17, 15) is 8.42 Å². The zero-order chi connectivity index (χ0) is 15.5. The van der Waals surface area contributed by atoms with E-state index in [2.05, 4.69) is 14.7 Å². The predicted octanol–water partition coefficient (Wildman–Crippen LogP) is 1.03. The van der Waals surface area contributed by atoms with Crippen LogP contribution >= 0.6 is 0 Å². The Morgan fingerprint density at radius 1 is 1.19 bits per heavy atom. The third-order valence-corrected chi connectivity index (χ3v) is 4.53. The summed E-state index contributed by atoms with van der Waals surface area (Å²) in [6, 6.07) is 4.92. The second-order valence-electron chi connectivity index (χ2n) is 4.77. The zero-order valence-corrected chi connectivity index (χ0v) is 12.8. The molecular weight excluding hydrogens is 288 g/mol. The van der Waals surface area contributed by atoms with Gasteiger partial charge in [-0.25, -0.2) is 13.1 Å². The number of aryl methyl sites for hydroxylation is 2. The van der Waals surface area contributed by atoms with Crippen molar-refractivity contribution in [3.63, 3.8) is 0 Å². The standard InChI is InChI=1S/C14H18N4O2S/c1-10-3-4-14(5-12(10)6-15)21(19,20)18-9-13-8-16-11(2)7-17-13/h3-5,7-8,18H,6,9,15H2,1-2H3. The van der Waals surface area contributed by atoms with Crippen molar-refractivity contribution in [3.05, 3.63) is 53.1 Å². The Morgan fingerprint density at radius 3 is 2.57 bits per heavy atom. The van der Waals surface area contributed by atoms with Crippen molar-refractivity contribution in [2.75, 3.05) is 0 Å². The Bertz CT molecular complexity index is 727. The molecule has 0 amide bonds. The van der Waals surface area contributed by atoms with Gasteiger partial charge in [0, 0.05) is 12.7 Å². The van der Waals surface area contributed by atoms with E-state index >= 15 is 0 Å². The lowest BCUT2D eigenvalue weighted by Crippen LogP contribution is -2.24. The highest BCUT2D eigenvalue weighted by Gasteiger charge is 2.15. The van der Waals surface area contributed by atoms with Crippen LogP contribution in [0.2, 0.25) is 0 Å². The number of benzene rings is 1. The van der Waals surface area contributed by atoms with Gasteiger partial charge in [-0.15, -0.1) is 0 Å². The highest BCUT2D eigenvalue weighted by molar-refractivity contribution is 7.89. The van der Waals surface area contributed by atoms with Gasteiger partial charge in [0.1, 0.15) is 0 Å². The van der Waals surface area contributed by atoms with E-state index in [1.807, 2.05) is 13.8 Å². The second kappa shape index (κ2) is 6.30. The minimum Gasteiger partial charge on any atom is -0.326 e. The van der Waals surface area contributed by atoms with Gasteiger partial charge in [-0.05, 0) is 37.1 Å². The van der Waals surface area contributed by atoms with E-state index in [1.54, 1.807) is 30.6 Å². The lowest BCUT2D eigenvalue weighted by Gasteiger charge is -2.09. The molecule has 0 radical (unpaired) electrons. The summed E-state index contributed by atoms with van der Waals surface area (Å²) in [6.07, 6.45) is 3.15. The first kappa shape index (κ1) is 15.6. The molecule has 0 atom stereocenters. The maximum Gasteiger partial charge on any atom is 0.240 e. The van der Waals surface area contributed by atoms with Crippen LogP contribution in [0.15, 0.2) is 35.5 Å². The molecule has 2 rings (SSSR count). The SMILES string of the molecule is Cc1cnc(CNS(=O)(=O)c2ccc(C)c(CN)c2)cn1. The van der Waals surface area contributed by atoms with E-state index in [-0.39, 0.29) is 11.4 Å². The quantitative estimate of drug-likeness (QED) is 0.860. The van der Waals surface area contributed by atoms with Crippen LogP contribution in [0, 0.1) is 13.8 Å². The summed E-state index contributed by atoms with van der Waals surface area (Å²) in [7, 11) is -3.59. The maximum atomic E-state index is 12.3. The van der Waals surface area contributed by atoms with E-state index in [0.717, 1.165) is 16.8 Å². The minimum atomic E-state index is -3.59. The van der Waals surface area contributed by atoms with Gasteiger partial charge in [0.05, 0.1) is 29.0 Å². The largest absolute Gasteiger partial charge is 0.326 e. The van der Waals surface area contributed by atoms with Crippen LogP contribution in [0.4, 0.5) is 0 Å². The van der Waals surface area contributed by atoms with Gasteiger partial charge in [-0.3, -0.25) is 9.97 Å². The van der Waals surface area contributed by atoms with Crippen LogP contribution in [0.1, 0.15) is 22.5 Å². The van der Waals surface area contributed by atoms with Gasteiger partial charge in [0.15, 0.2) is 0 Å². The van der Waals surface area contributed by atoms with Crippen molar-refractivity contribution in [2.24, 2.45) is 5.73 Å². The molecule has 0 fully saturated rings. The average Bonchev–Trinajstić information content (AvgIpc) is 2.47. The number of nitrogens with one attached hydrogen (secondary N) is 1. The number of sulfonamides is 1. The van der Waals surface area contributed by atoms with Crippen molar-refractivity contribution in [3.8, 4) is 0 Å². The van der Waals surface area contributed by atoms with E-state index in [0.29, 0.717) is 12.2 Å². The van der Waals surface area contributed by atoms with Gasteiger partial charge in [-0.1, -0.05) is 6.07 Å². The molecule has 0 spiro atoms. The molecule has 0 saturated heterocycles. The topological polar surface area (TPSA) is 98.0 Å². The molecule has 7 heteroatoms. The fourth-order valence-electron chi connectivity index (χ4n) is 1.80. The first-order valence-electron chi connectivity index (χ1n) is 6.49. The molecule has 21 heavy (non-hydrogen) atoms. The number of aromatic nitrogens is 2. The molecule has 1 aromatic carbocycles. The number of hydrogen-bond acceptors (Lipinski definition) is 5. The summed E-state index contributed by atoms with van der Waals surface area (Å²) in [4.78, 5) is 8.39. The average molecular weight is 306 g/mol. The van der Waals surface area contributed by atoms with Crippen molar-refractivity contribution < 1.29 is 8.42 Å². The lowest BCUT2D eigenvalue weighted by molar-refractivity contribution is 0.580. The zero-order valence-electron chi connectivity index (χ0n) is 12.0. The highest BCUT2D eigenvalue weighted by Crippen LogP contribution is 2.15. The minimum absolute atomic E-state index is 0.0987. The van der Waals surface area contributed by atoms with Crippen LogP contribution in [0.5, 0.6) is 0 Å². The molecule has 0 saturated carbocycles. The highest BCUT2D eigenvalue weighted by atomic mass is 32.2. The second-order valence-corrected chi connectivity index (χ2v) is 6.53. The van der Waals surface area contributed by atoms with E-state index < -0.39 is 10.0 Å². The molecule has 6 nitrogen and oxygen atoms in total. The summed E-state index contributed by atoms with van der Waals surface area (Å²) in [5.41, 5.74) is 8.74.